The van der Waals surface area contributed by atoms with Gasteiger partial charge in [0.15, 0.2) is 0 Å². The van der Waals surface area contributed by atoms with Crippen molar-refractivity contribution in [2.24, 2.45) is 0 Å². The third-order valence-electron chi connectivity index (χ3n) is 2.50. The van der Waals surface area contributed by atoms with Crippen LogP contribution in [0.5, 0.6) is 0 Å². The lowest BCUT2D eigenvalue weighted by Crippen LogP contribution is -2.01. The first-order valence-corrected chi connectivity index (χ1v) is 5.80. The molecule has 3 rings (SSSR count). The summed E-state index contributed by atoms with van der Waals surface area (Å²) >= 11 is 0. The Labute approximate surface area is 109 Å². The Hall–Kier alpha value is -2.76. The molecule has 0 unspecified atom stereocenters. The second-order valence-corrected chi connectivity index (χ2v) is 3.83. The normalized spacial score (nSPS) is 10.3. The molecule has 0 spiro atoms. The lowest BCUT2D eigenvalue weighted by Gasteiger charge is -1.99. The molecule has 94 valence electrons. The van der Waals surface area contributed by atoms with Crippen molar-refractivity contribution >= 4 is 5.82 Å². The molecule has 3 aromatic rings. The fraction of sp³-hybridized carbons (Fsp3) is 0.0769. The predicted octanol–water partition coefficient (Wildman–Crippen LogP) is 2.14. The minimum absolute atomic E-state index is 0.427. The smallest absolute Gasteiger partial charge is 0.246 e. The molecule has 0 bridgehead atoms. The third kappa shape index (κ3) is 2.74. The van der Waals surface area contributed by atoms with Crippen LogP contribution >= 0.6 is 0 Å². The van der Waals surface area contributed by atoms with Gasteiger partial charge in [-0.25, -0.2) is 9.97 Å². The summed E-state index contributed by atoms with van der Waals surface area (Å²) in [6.45, 7) is 0.427. The van der Waals surface area contributed by atoms with Gasteiger partial charge in [-0.15, -0.1) is 0 Å². The lowest BCUT2D eigenvalue weighted by atomic mass is 10.2. The second kappa shape index (κ2) is 5.26. The molecule has 0 radical (unpaired) electrons. The number of anilines is 1. The molecular formula is C13H11N5O. The number of hydrogen-bond donors (Lipinski definition) is 1. The SMILES string of the molecule is c1ccc(-c2noc(CNc3ccncn3)n2)cc1. The quantitative estimate of drug-likeness (QED) is 0.767. The van der Waals surface area contributed by atoms with E-state index in [1.165, 1.54) is 6.33 Å². The molecule has 0 fully saturated rings. The Morgan fingerprint density at radius 2 is 2.00 bits per heavy atom. The van der Waals surface area contributed by atoms with Crippen molar-refractivity contribution < 1.29 is 4.52 Å². The van der Waals surface area contributed by atoms with Crippen molar-refractivity contribution in [3.05, 3.63) is 54.8 Å². The van der Waals surface area contributed by atoms with Gasteiger partial charge in [0, 0.05) is 11.8 Å². The van der Waals surface area contributed by atoms with Crippen molar-refractivity contribution in [3.63, 3.8) is 0 Å². The largest absolute Gasteiger partial charge is 0.361 e. The van der Waals surface area contributed by atoms with Crippen LogP contribution in [-0.4, -0.2) is 20.1 Å². The number of hydrogen-bond acceptors (Lipinski definition) is 6. The van der Waals surface area contributed by atoms with Crippen molar-refractivity contribution in [1.29, 1.82) is 0 Å². The lowest BCUT2D eigenvalue weighted by molar-refractivity contribution is 0.384. The van der Waals surface area contributed by atoms with Crippen LogP contribution in [0.2, 0.25) is 0 Å². The van der Waals surface area contributed by atoms with E-state index in [1.807, 2.05) is 30.3 Å². The first kappa shape index (κ1) is 11.3. The van der Waals surface area contributed by atoms with Gasteiger partial charge in [-0.3, -0.25) is 0 Å². The van der Waals surface area contributed by atoms with Crippen LogP contribution in [0.4, 0.5) is 5.82 Å². The summed E-state index contributed by atoms with van der Waals surface area (Å²) in [5.41, 5.74) is 0.930. The highest BCUT2D eigenvalue weighted by Crippen LogP contribution is 2.15. The maximum Gasteiger partial charge on any atom is 0.246 e. The Kier molecular flexibility index (Phi) is 3.14. The van der Waals surface area contributed by atoms with Gasteiger partial charge in [-0.05, 0) is 6.07 Å². The summed E-state index contributed by atoms with van der Waals surface area (Å²) in [6.07, 6.45) is 3.14. The van der Waals surface area contributed by atoms with Gasteiger partial charge in [0.25, 0.3) is 0 Å². The molecule has 1 N–H and O–H groups in total. The first-order chi connectivity index (χ1) is 9.42. The highest BCUT2D eigenvalue weighted by atomic mass is 16.5. The molecular weight excluding hydrogens is 242 g/mol. The minimum atomic E-state index is 0.427. The van der Waals surface area contributed by atoms with E-state index in [1.54, 1.807) is 12.3 Å². The molecule has 0 aliphatic heterocycles. The zero-order chi connectivity index (χ0) is 12.9. The average Bonchev–Trinajstić information content (AvgIpc) is 2.96. The summed E-state index contributed by atoms with van der Waals surface area (Å²) in [5, 5.41) is 7.02. The van der Waals surface area contributed by atoms with E-state index in [-0.39, 0.29) is 0 Å². The van der Waals surface area contributed by atoms with Crippen LogP contribution < -0.4 is 5.32 Å². The zero-order valence-electron chi connectivity index (χ0n) is 10.0. The molecule has 1 aromatic carbocycles. The van der Waals surface area contributed by atoms with E-state index in [2.05, 4.69) is 25.4 Å². The fourth-order valence-corrected chi connectivity index (χ4v) is 1.59. The van der Waals surface area contributed by atoms with Gasteiger partial charge < -0.3 is 9.84 Å². The Bertz CT molecular complexity index is 638. The van der Waals surface area contributed by atoms with Crippen LogP contribution in [0.15, 0.2) is 53.4 Å². The average molecular weight is 253 g/mol. The maximum absolute atomic E-state index is 5.17. The number of nitrogens with one attached hydrogen (secondary N) is 1. The highest BCUT2D eigenvalue weighted by molar-refractivity contribution is 5.53. The monoisotopic (exact) mass is 253 g/mol. The van der Waals surface area contributed by atoms with E-state index in [0.29, 0.717) is 18.3 Å². The van der Waals surface area contributed by atoms with E-state index in [9.17, 15) is 0 Å². The number of nitrogens with zero attached hydrogens (tertiary/aromatic N) is 4. The summed E-state index contributed by atoms with van der Waals surface area (Å²) in [4.78, 5) is 12.2. The second-order valence-electron chi connectivity index (χ2n) is 3.83. The van der Waals surface area contributed by atoms with Gasteiger partial charge in [0.2, 0.25) is 11.7 Å². The van der Waals surface area contributed by atoms with Crippen molar-refractivity contribution in [2.45, 2.75) is 6.54 Å². The van der Waals surface area contributed by atoms with Gasteiger partial charge in [-0.2, -0.15) is 4.98 Å². The van der Waals surface area contributed by atoms with Crippen molar-refractivity contribution in [2.75, 3.05) is 5.32 Å². The minimum Gasteiger partial charge on any atom is -0.361 e. The summed E-state index contributed by atoms with van der Waals surface area (Å²) in [7, 11) is 0. The summed E-state index contributed by atoms with van der Waals surface area (Å²) in [6, 6.07) is 11.5. The van der Waals surface area contributed by atoms with Gasteiger partial charge in [0.1, 0.15) is 12.1 Å². The highest BCUT2D eigenvalue weighted by Gasteiger charge is 2.07. The van der Waals surface area contributed by atoms with E-state index >= 15 is 0 Å². The van der Waals surface area contributed by atoms with E-state index < -0.39 is 0 Å². The maximum atomic E-state index is 5.17. The Balaban J connectivity index is 1.69. The standard InChI is InChI=1S/C13H11N5O/c1-2-4-10(5-3-1)13-17-12(19-18-13)8-15-11-6-7-14-9-16-11/h1-7,9H,8H2,(H,14,15,16). The van der Waals surface area contributed by atoms with Crippen molar-refractivity contribution in [1.82, 2.24) is 20.1 Å². The van der Waals surface area contributed by atoms with E-state index in [0.717, 1.165) is 11.4 Å². The number of rotatable bonds is 4. The van der Waals surface area contributed by atoms with Gasteiger partial charge in [-0.1, -0.05) is 35.5 Å². The van der Waals surface area contributed by atoms with Crippen LogP contribution in [0, 0.1) is 0 Å². The molecule has 0 aliphatic rings. The molecule has 0 saturated heterocycles. The molecule has 0 atom stereocenters. The molecule has 0 aliphatic carbocycles. The van der Waals surface area contributed by atoms with Crippen LogP contribution in [0.3, 0.4) is 0 Å². The summed E-state index contributed by atoms with van der Waals surface area (Å²) in [5.74, 6) is 1.81. The third-order valence-corrected chi connectivity index (χ3v) is 2.50. The molecule has 0 saturated carbocycles. The van der Waals surface area contributed by atoms with Crippen LogP contribution in [-0.2, 0) is 6.54 Å². The molecule has 19 heavy (non-hydrogen) atoms. The predicted molar refractivity (Wildman–Crippen MR) is 69.1 cm³/mol. The summed E-state index contributed by atoms with van der Waals surface area (Å²) < 4.78 is 5.17. The van der Waals surface area contributed by atoms with E-state index in [4.69, 9.17) is 4.52 Å². The van der Waals surface area contributed by atoms with Gasteiger partial charge >= 0.3 is 0 Å². The topological polar surface area (TPSA) is 76.7 Å². The Morgan fingerprint density at radius 3 is 2.79 bits per heavy atom. The zero-order valence-corrected chi connectivity index (χ0v) is 10.0. The van der Waals surface area contributed by atoms with Crippen LogP contribution in [0.1, 0.15) is 5.89 Å². The number of benzene rings is 1. The Morgan fingerprint density at radius 1 is 1.11 bits per heavy atom. The molecule has 2 heterocycles. The fourth-order valence-electron chi connectivity index (χ4n) is 1.59. The van der Waals surface area contributed by atoms with Crippen molar-refractivity contribution in [3.8, 4) is 11.4 Å². The van der Waals surface area contributed by atoms with Gasteiger partial charge in [0.05, 0.1) is 6.54 Å². The number of aromatic nitrogens is 4. The molecule has 2 aromatic heterocycles. The molecule has 6 nitrogen and oxygen atoms in total. The molecule has 6 heteroatoms. The molecule has 0 amide bonds. The van der Waals surface area contributed by atoms with Crippen LogP contribution in [0.25, 0.3) is 11.4 Å². The first-order valence-electron chi connectivity index (χ1n) is 5.80.